The third kappa shape index (κ3) is 7.69. The SMILES string of the molecule is CCC(=Cc1sc2ccc(Cl)cc2[n+]1CN(O)OOS1=CC=CC=C1)C=C1Sc2ccc(Cl)cc2N1CS(=O)(=O)[O-]. The van der Waals surface area contributed by atoms with Crippen molar-refractivity contribution in [1.29, 1.82) is 0 Å². The summed E-state index contributed by atoms with van der Waals surface area (Å²) in [5.41, 5.74) is 2.18. The van der Waals surface area contributed by atoms with Crippen molar-refractivity contribution in [3.8, 4) is 0 Å². The van der Waals surface area contributed by atoms with E-state index in [4.69, 9.17) is 32.5 Å². The van der Waals surface area contributed by atoms with Gasteiger partial charge < -0.3 is 9.45 Å². The third-order valence-corrected chi connectivity index (χ3v) is 10.1. The Bertz CT molecular complexity index is 1750. The quantitative estimate of drug-likeness (QED) is 0.0816. The zero-order valence-corrected chi connectivity index (χ0v) is 26.1. The minimum Gasteiger partial charge on any atom is -0.747 e. The summed E-state index contributed by atoms with van der Waals surface area (Å²) >= 11 is 15.3. The highest BCUT2D eigenvalue weighted by molar-refractivity contribution is 8.13. The molecule has 0 saturated heterocycles. The van der Waals surface area contributed by atoms with E-state index in [1.54, 1.807) is 41.1 Å². The van der Waals surface area contributed by atoms with Crippen molar-refractivity contribution in [2.75, 3.05) is 10.8 Å². The molecule has 0 saturated carbocycles. The lowest BCUT2D eigenvalue weighted by atomic mass is 10.2. The predicted octanol–water partition coefficient (Wildman–Crippen LogP) is 6.83. The smallest absolute Gasteiger partial charge is 0.264 e. The van der Waals surface area contributed by atoms with Gasteiger partial charge >= 0.3 is 0 Å². The van der Waals surface area contributed by atoms with Gasteiger partial charge in [0.1, 0.15) is 20.7 Å². The largest absolute Gasteiger partial charge is 0.747 e. The minimum atomic E-state index is -4.58. The van der Waals surface area contributed by atoms with Crippen LogP contribution in [-0.2, 0) is 26.1 Å². The highest BCUT2D eigenvalue weighted by atomic mass is 35.5. The maximum absolute atomic E-state index is 11.7. The Morgan fingerprint density at radius 2 is 1.98 bits per heavy atom. The fourth-order valence-corrected chi connectivity index (χ4v) is 8.03. The molecule has 3 heterocycles. The van der Waals surface area contributed by atoms with Crippen molar-refractivity contribution >= 4 is 94.5 Å². The lowest BCUT2D eigenvalue weighted by Gasteiger charge is -2.22. The number of thioether (sulfide) groups is 1. The number of hydroxylamine groups is 2. The fraction of sp³-hybridized carbons (Fsp3) is 0.154. The number of rotatable bonds is 10. The summed E-state index contributed by atoms with van der Waals surface area (Å²) in [5, 5.41) is 17.0. The molecule has 0 spiro atoms. The molecule has 0 fully saturated rings. The van der Waals surface area contributed by atoms with Crippen molar-refractivity contribution < 1.29 is 32.1 Å². The van der Waals surface area contributed by atoms with Crippen LogP contribution in [0.5, 0.6) is 0 Å². The zero-order valence-electron chi connectivity index (χ0n) is 21.3. The number of allylic oxidation sites excluding steroid dienone is 5. The first-order valence-corrected chi connectivity index (χ1v) is 17.3. The van der Waals surface area contributed by atoms with Gasteiger partial charge in [-0.25, -0.2) is 8.42 Å². The van der Waals surface area contributed by atoms with Gasteiger partial charge in [-0.2, -0.15) is 4.57 Å². The molecule has 1 N–H and O–H groups in total. The average Bonchev–Trinajstić information content (AvgIpc) is 3.43. The lowest BCUT2D eigenvalue weighted by Crippen LogP contribution is -2.43. The van der Waals surface area contributed by atoms with Crippen molar-refractivity contribution in [3.63, 3.8) is 0 Å². The van der Waals surface area contributed by atoms with E-state index in [1.165, 1.54) is 28.0 Å². The van der Waals surface area contributed by atoms with Crippen LogP contribution in [-0.4, -0.2) is 34.6 Å². The number of hydrogen-bond acceptors (Lipinski definition) is 10. The van der Waals surface area contributed by atoms with Gasteiger partial charge in [0.2, 0.25) is 5.52 Å². The molecule has 41 heavy (non-hydrogen) atoms. The van der Waals surface area contributed by atoms with Crippen LogP contribution < -0.4 is 9.47 Å². The van der Waals surface area contributed by atoms with Gasteiger partial charge in [-0.05, 0) is 59.2 Å². The molecule has 9 nitrogen and oxygen atoms in total. The normalized spacial score (nSPS) is 18.1. The maximum atomic E-state index is 11.7. The standard InChI is InChI=1S/C26H23Cl2N3O6S4/c1-2-18(13-26-30(17-41(33,34)35)22-15-20(28)7-9-24(22)39-26)12-25-29(21-14-19(27)6-8-23(21)38-25)16-31(32)36-37-40-10-4-3-5-11-40/h3-15,32H,2,16-17H2,1H3. The van der Waals surface area contributed by atoms with Crippen molar-refractivity contribution in [3.05, 3.63) is 91.8 Å². The van der Waals surface area contributed by atoms with Crippen molar-refractivity contribution in [1.82, 2.24) is 5.23 Å². The molecule has 1 atom stereocenters. The molecule has 15 heteroatoms. The Balaban J connectivity index is 1.49. The first-order valence-electron chi connectivity index (χ1n) is 12.0. The topological polar surface area (TPSA) is 106 Å². The monoisotopic (exact) mass is 671 g/mol. The molecular weight excluding hydrogens is 649 g/mol. The number of fused-ring (bicyclic) bond motifs is 2. The predicted molar refractivity (Wildman–Crippen MR) is 165 cm³/mol. The van der Waals surface area contributed by atoms with E-state index in [0.717, 1.165) is 25.7 Å². The van der Waals surface area contributed by atoms with Gasteiger partial charge in [-0.3, -0.25) is 5.21 Å². The first kappa shape index (κ1) is 30.4. The number of halogens is 2. The molecule has 2 aromatic carbocycles. The Morgan fingerprint density at radius 1 is 1.20 bits per heavy atom. The molecule has 2 aliphatic rings. The van der Waals surface area contributed by atoms with Crippen LogP contribution in [0.1, 0.15) is 18.4 Å². The second-order valence-electron chi connectivity index (χ2n) is 8.68. The molecule has 216 valence electrons. The van der Waals surface area contributed by atoms with Crippen LogP contribution in [0.4, 0.5) is 5.69 Å². The van der Waals surface area contributed by atoms with Gasteiger partial charge in [0.15, 0.2) is 0 Å². The number of benzene rings is 2. The summed E-state index contributed by atoms with van der Waals surface area (Å²) in [5.74, 6) is -0.724. The van der Waals surface area contributed by atoms with Crippen LogP contribution in [0.3, 0.4) is 0 Å². The Morgan fingerprint density at radius 3 is 2.71 bits per heavy atom. The molecule has 1 aromatic heterocycles. The Kier molecular flexibility index (Phi) is 9.73. The Hall–Kier alpha value is -2.01. The second kappa shape index (κ2) is 13.1. The van der Waals surface area contributed by atoms with E-state index in [9.17, 15) is 18.2 Å². The molecule has 3 aromatic rings. The minimum absolute atomic E-state index is 0.101. The summed E-state index contributed by atoms with van der Waals surface area (Å²) in [6, 6.07) is 10.6. The zero-order chi connectivity index (χ0) is 29.1. The average molecular weight is 673 g/mol. The van der Waals surface area contributed by atoms with Crippen LogP contribution in [0.15, 0.2) is 81.6 Å². The molecular formula is C26H23Cl2N3O6S4. The van der Waals surface area contributed by atoms with E-state index < -0.39 is 26.8 Å². The molecule has 0 bridgehead atoms. The third-order valence-electron chi connectivity index (χ3n) is 5.80. The van der Waals surface area contributed by atoms with Crippen LogP contribution in [0.25, 0.3) is 16.3 Å². The van der Waals surface area contributed by atoms with Gasteiger partial charge in [0.25, 0.3) is 11.7 Å². The number of aromatic nitrogens is 1. The van der Waals surface area contributed by atoms with Gasteiger partial charge in [0.05, 0.1) is 10.7 Å². The second-order valence-corrected chi connectivity index (χ2v) is 14.4. The summed E-state index contributed by atoms with van der Waals surface area (Å²) in [6.45, 7) is 1.87. The summed E-state index contributed by atoms with van der Waals surface area (Å²) in [4.78, 5) is 7.38. The molecule has 0 amide bonds. The van der Waals surface area contributed by atoms with Gasteiger partial charge in [0, 0.05) is 43.1 Å². The molecule has 0 aliphatic carbocycles. The van der Waals surface area contributed by atoms with Gasteiger partial charge in [-0.15, -0.1) is 4.33 Å². The van der Waals surface area contributed by atoms with Crippen LogP contribution >= 0.6 is 57.1 Å². The van der Waals surface area contributed by atoms with E-state index in [-0.39, 0.29) is 6.67 Å². The van der Waals surface area contributed by atoms with Crippen LogP contribution in [0, 0.1) is 0 Å². The van der Waals surface area contributed by atoms with Crippen LogP contribution in [0.2, 0.25) is 10.0 Å². The highest BCUT2D eigenvalue weighted by Crippen LogP contribution is 2.47. The molecule has 2 aliphatic heterocycles. The van der Waals surface area contributed by atoms with E-state index in [1.807, 2.05) is 47.9 Å². The van der Waals surface area contributed by atoms with Crippen molar-refractivity contribution in [2.45, 2.75) is 24.9 Å². The van der Waals surface area contributed by atoms with Crippen molar-refractivity contribution in [2.24, 2.45) is 0 Å². The highest BCUT2D eigenvalue weighted by Gasteiger charge is 2.28. The maximum Gasteiger partial charge on any atom is 0.264 e. The Labute approximate surface area is 257 Å². The molecule has 0 radical (unpaired) electrons. The van der Waals surface area contributed by atoms with E-state index in [2.05, 4.69) is 0 Å². The molecule has 5 rings (SSSR count). The summed E-state index contributed by atoms with van der Waals surface area (Å²) in [6.07, 6.45) is 9.88. The van der Waals surface area contributed by atoms with Gasteiger partial charge in [-0.1, -0.05) is 76.4 Å². The summed E-state index contributed by atoms with van der Waals surface area (Å²) < 4.78 is 43.3. The fourth-order valence-electron chi connectivity index (χ4n) is 3.98. The number of anilines is 1. The van der Waals surface area contributed by atoms with E-state index >= 15 is 0 Å². The lowest BCUT2D eigenvalue weighted by molar-refractivity contribution is -0.735. The summed E-state index contributed by atoms with van der Waals surface area (Å²) in [7, 11) is -5.31. The first-order chi connectivity index (χ1) is 19.6. The number of hydrogen-bond donors (Lipinski definition) is 1. The number of thiazole rings is 1. The van der Waals surface area contributed by atoms with E-state index in [0.29, 0.717) is 32.4 Å². The molecule has 1 unspecified atom stereocenters. The number of nitrogens with zero attached hydrogens (tertiary/aromatic N) is 3.